The molecule has 19 nitrogen and oxygen atoms in total. The van der Waals surface area contributed by atoms with E-state index in [1.807, 2.05) is 45.0 Å². The molecule has 8 N–H and O–H groups in total. The van der Waals surface area contributed by atoms with Gasteiger partial charge in [-0.1, -0.05) is 76.6 Å². The summed E-state index contributed by atoms with van der Waals surface area (Å²) >= 11 is 3.30. The third-order valence-electron chi connectivity index (χ3n) is 11.5. The van der Waals surface area contributed by atoms with Gasteiger partial charge in [0, 0.05) is 10.0 Å². The molecule has 0 fully saturated rings. The van der Waals surface area contributed by atoms with Crippen LogP contribution in [0.25, 0.3) is 0 Å². The average molecular weight is 1270 g/mol. The molecule has 0 aromatic heterocycles. The van der Waals surface area contributed by atoms with Gasteiger partial charge in [0.2, 0.25) is 0 Å². The standard InChI is InChI=1S/C18H18N2O3.C16H20O4.C12H12O4.C11H13BrO2.C6H8N2.C5H8O2/c1-11(21)17(12(2)22)13-7-9-14(10-8-13)18(23)20-16-6-4-3-5-15(16)19;1-10(17)14(11(2)18)12-6-8-13(9-7-12)15(19)20-16(3,4)5;1-7(13)11(8(2)14)9-3-5-10(6-4-9)12(15)16;1-11(2,3)14-10(13)8-4-6-9(12)7-5-8;7-5-3-1-2-4-6(5)8;1-4(6)3-5(2)7/h3-10,17H,19H2,1-2H3,(H,20,23);6-9,14H,1-5H3;3-6,11H,1-2H3,(H,15,16);4-7H,1-3H3;1-4H,7-8H2;3H2,1-2H3. The lowest BCUT2D eigenvalue weighted by Crippen LogP contribution is -2.24. The largest absolute Gasteiger partial charge is 0.478 e. The fraction of sp³-hybridized carbons (Fsp3) is 0.294. The van der Waals surface area contributed by atoms with Crippen molar-refractivity contribution in [1.29, 1.82) is 0 Å². The van der Waals surface area contributed by atoms with Crippen molar-refractivity contribution in [3.8, 4) is 0 Å². The molecule has 0 heterocycles. The summed E-state index contributed by atoms with van der Waals surface area (Å²) in [6, 6.07) is 39.9. The fourth-order valence-electron chi connectivity index (χ4n) is 7.65. The highest BCUT2D eigenvalue weighted by Crippen LogP contribution is 2.24. The number of amides is 1. The molecule has 6 aromatic carbocycles. The molecule has 0 saturated carbocycles. The fourth-order valence-corrected chi connectivity index (χ4v) is 7.91. The highest BCUT2D eigenvalue weighted by Gasteiger charge is 2.25. The van der Waals surface area contributed by atoms with Gasteiger partial charge < -0.3 is 37.1 Å². The highest BCUT2D eigenvalue weighted by atomic mass is 79.9. The molecule has 0 saturated heterocycles. The number of hydrogen-bond donors (Lipinski definition) is 5. The Kier molecular flexibility index (Phi) is 31.7. The van der Waals surface area contributed by atoms with Gasteiger partial charge in [0.15, 0.2) is 0 Å². The minimum absolute atomic E-state index is 0.0625. The van der Waals surface area contributed by atoms with Crippen LogP contribution in [-0.4, -0.2) is 86.4 Å². The van der Waals surface area contributed by atoms with Gasteiger partial charge in [-0.05, 0) is 199 Å². The predicted octanol–water partition coefficient (Wildman–Crippen LogP) is 12.1. The van der Waals surface area contributed by atoms with Crippen LogP contribution in [0, 0.1) is 0 Å². The zero-order chi connectivity index (χ0) is 67.4. The van der Waals surface area contributed by atoms with Crippen molar-refractivity contribution in [3.05, 3.63) is 189 Å². The van der Waals surface area contributed by atoms with Crippen molar-refractivity contribution >= 4 is 109 Å². The van der Waals surface area contributed by atoms with Gasteiger partial charge in [-0.2, -0.15) is 0 Å². The van der Waals surface area contributed by atoms with Crippen LogP contribution in [0.2, 0.25) is 0 Å². The summed E-state index contributed by atoms with van der Waals surface area (Å²) in [4.78, 5) is 135. The monoisotopic (exact) mass is 1270 g/mol. The molecule has 0 aliphatic heterocycles. The molecule has 6 rings (SSSR count). The molecule has 0 aliphatic rings. The van der Waals surface area contributed by atoms with Crippen LogP contribution < -0.4 is 22.5 Å². The van der Waals surface area contributed by atoms with Crippen molar-refractivity contribution in [2.24, 2.45) is 0 Å². The maximum atomic E-state index is 12.2. The lowest BCUT2D eigenvalue weighted by atomic mass is 9.91. The van der Waals surface area contributed by atoms with E-state index in [-0.39, 0.29) is 70.1 Å². The Morgan fingerprint density at radius 3 is 0.932 bits per heavy atom. The summed E-state index contributed by atoms with van der Waals surface area (Å²) in [5.41, 5.74) is 21.1. The third-order valence-corrected chi connectivity index (χ3v) is 12.0. The topological polar surface area (TPSA) is 334 Å². The molecule has 88 heavy (non-hydrogen) atoms. The molecule has 0 atom stereocenters. The Morgan fingerprint density at radius 1 is 0.409 bits per heavy atom. The van der Waals surface area contributed by atoms with E-state index in [1.54, 1.807) is 118 Å². The molecule has 0 bridgehead atoms. The summed E-state index contributed by atoms with van der Waals surface area (Å²) in [7, 11) is 0. The van der Waals surface area contributed by atoms with E-state index >= 15 is 0 Å². The number of aromatic carboxylic acids is 1. The maximum Gasteiger partial charge on any atom is 0.338 e. The average Bonchev–Trinajstić information content (AvgIpc) is 2.52. The van der Waals surface area contributed by atoms with Gasteiger partial charge in [0.25, 0.3) is 5.91 Å². The number of hydrogen-bond acceptors (Lipinski definition) is 17. The number of Topliss-reactive ketones (excluding diaryl/α,β-unsaturated/α-hetero) is 8. The van der Waals surface area contributed by atoms with Crippen LogP contribution in [-0.2, 0) is 47.8 Å². The maximum absolute atomic E-state index is 12.2. The SMILES string of the molecule is CC(=O)C(C(C)=O)c1ccc(C(=O)Nc2ccccc2N)cc1.CC(=O)C(C(C)=O)c1ccc(C(=O)O)cc1.CC(=O)C(C(C)=O)c1ccc(C(=O)OC(C)(C)C)cc1.CC(=O)CC(C)=O.CC(C)(C)OC(=O)c1ccc(Br)cc1.Nc1ccccc1N. The van der Waals surface area contributed by atoms with Gasteiger partial charge in [-0.15, -0.1) is 0 Å². The van der Waals surface area contributed by atoms with Crippen molar-refractivity contribution in [2.45, 2.75) is 132 Å². The second kappa shape index (κ2) is 36.4. The first-order valence-electron chi connectivity index (χ1n) is 27.3. The first kappa shape index (κ1) is 76.5. The van der Waals surface area contributed by atoms with Crippen LogP contribution in [0.15, 0.2) is 150 Å². The number of rotatable bonds is 16. The minimum atomic E-state index is -1.03. The Morgan fingerprint density at radius 2 is 0.682 bits per heavy atom. The van der Waals surface area contributed by atoms with Gasteiger partial charge in [-0.25, -0.2) is 14.4 Å². The number of ether oxygens (including phenoxy) is 2. The number of nitrogens with two attached hydrogens (primary N) is 3. The second-order valence-electron chi connectivity index (χ2n) is 21.9. The van der Waals surface area contributed by atoms with Crippen molar-refractivity contribution in [3.63, 3.8) is 0 Å². The number of carboxylic acids is 1. The predicted molar refractivity (Wildman–Crippen MR) is 343 cm³/mol. The van der Waals surface area contributed by atoms with Crippen LogP contribution >= 0.6 is 15.9 Å². The van der Waals surface area contributed by atoms with Gasteiger partial charge in [0.05, 0.1) is 45.9 Å². The quantitative estimate of drug-likeness (QED) is 0.0341. The molecular weight excluding hydrogens is 1190 g/mol. The molecule has 20 heteroatoms. The Hall–Kier alpha value is -9.56. The number of carbonyl (C=O) groups excluding carboxylic acids is 11. The van der Waals surface area contributed by atoms with Crippen LogP contribution in [0.4, 0.5) is 22.7 Å². The van der Waals surface area contributed by atoms with E-state index in [4.69, 9.17) is 31.8 Å². The van der Waals surface area contributed by atoms with Crippen molar-refractivity contribution in [2.75, 3.05) is 22.5 Å². The third kappa shape index (κ3) is 29.0. The van der Waals surface area contributed by atoms with Crippen LogP contribution in [0.1, 0.15) is 179 Å². The Labute approximate surface area is 522 Å². The number of anilines is 4. The summed E-state index contributed by atoms with van der Waals surface area (Å²) < 4.78 is 11.4. The molecule has 1 amide bonds. The Balaban J connectivity index is 0.000000549. The second-order valence-corrected chi connectivity index (χ2v) is 22.8. The molecule has 6 aromatic rings. The first-order chi connectivity index (χ1) is 40.8. The van der Waals surface area contributed by atoms with Gasteiger partial charge in [-0.3, -0.25) is 43.2 Å². The summed E-state index contributed by atoms with van der Waals surface area (Å²) in [5.74, 6) is -5.83. The van der Waals surface area contributed by atoms with Gasteiger partial charge in [0.1, 0.15) is 75.2 Å². The van der Waals surface area contributed by atoms with Crippen molar-refractivity contribution < 1.29 is 72.1 Å². The van der Waals surface area contributed by atoms with E-state index in [1.165, 1.54) is 79.7 Å². The zero-order valence-corrected chi connectivity index (χ0v) is 53.7. The number of nitrogen functional groups attached to an aromatic ring is 3. The summed E-state index contributed by atoms with van der Waals surface area (Å²) in [6.07, 6.45) is 0.0833. The molecule has 0 radical (unpaired) electrons. The van der Waals surface area contributed by atoms with Crippen molar-refractivity contribution in [1.82, 2.24) is 0 Å². The highest BCUT2D eigenvalue weighted by molar-refractivity contribution is 9.10. The lowest BCUT2D eigenvalue weighted by molar-refractivity contribution is -0.128. The zero-order valence-electron chi connectivity index (χ0n) is 52.1. The van der Waals surface area contributed by atoms with E-state index in [2.05, 4.69) is 21.2 Å². The van der Waals surface area contributed by atoms with Gasteiger partial charge >= 0.3 is 17.9 Å². The first-order valence-corrected chi connectivity index (χ1v) is 28.1. The number of benzene rings is 6. The normalized spacial score (nSPS) is 10.4. The van der Waals surface area contributed by atoms with E-state index < -0.39 is 40.9 Å². The minimum Gasteiger partial charge on any atom is -0.478 e. The molecule has 468 valence electrons. The van der Waals surface area contributed by atoms with E-state index in [0.717, 1.165) is 4.47 Å². The number of ketones is 8. The summed E-state index contributed by atoms with van der Waals surface area (Å²) in [5, 5.41) is 11.4. The molecule has 0 aliphatic carbocycles. The van der Waals surface area contributed by atoms with Crippen LogP contribution in [0.3, 0.4) is 0 Å². The smallest absolute Gasteiger partial charge is 0.338 e. The number of esters is 2. The van der Waals surface area contributed by atoms with E-state index in [9.17, 15) is 57.5 Å². The van der Waals surface area contributed by atoms with Crippen LogP contribution in [0.5, 0.6) is 0 Å². The number of carbonyl (C=O) groups is 12. The lowest BCUT2D eigenvalue weighted by Gasteiger charge is -2.19. The summed E-state index contributed by atoms with van der Waals surface area (Å²) in [6.45, 7) is 22.0. The number of halogens is 1. The molecule has 0 unspecified atom stereocenters. The number of nitrogens with one attached hydrogen (secondary N) is 1. The van der Waals surface area contributed by atoms with E-state index in [0.29, 0.717) is 56.1 Å². The number of para-hydroxylation sites is 4. The molecule has 0 spiro atoms. The molecular formula is C68H79BrN4O15. The Bertz CT molecular complexity index is 3340. The number of carboxylic acid groups (broad SMARTS) is 1.